The van der Waals surface area contributed by atoms with E-state index in [0.717, 1.165) is 17.5 Å². The number of aromatic nitrogens is 2. The second kappa shape index (κ2) is 2.76. The fourth-order valence-corrected chi connectivity index (χ4v) is 2.22. The molecule has 0 saturated carbocycles. The van der Waals surface area contributed by atoms with Crippen molar-refractivity contribution in [2.24, 2.45) is 0 Å². The Morgan fingerprint density at radius 2 is 2.42 bits per heavy atom. The Bertz CT molecular complexity index is 448. The van der Waals surface area contributed by atoms with Gasteiger partial charge in [-0.2, -0.15) is 0 Å². The number of hydrogen-bond donors (Lipinski definition) is 1. The molecule has 0 aliphatic rings. The number of nitrogens with one attached hydrogen (secondary N) is 1. The van der Waals surface area contributed by atoms with Crippen molar-refractivity contribution in [1.82, 2.24) is 9.97 Å². The summed E-state index contributed by atoms with van der Waals surface area (Å²) >= 11 is 11.7. The van der Waals surface area contributed by atoms with Crippen LogP contribution in [0.3, 0.4) is 0 Å². The number of aromatic amines is 1. The zero-order valence-corrected chi connectivity index (χ0v) is 7.99. The molecule has 0 atom stereocenters. The van der Waals surface area contributed by atoms with Crippen molar-refractivity contribution >= 4 is 45.4 Å². The van der Waals surface area contributed by atoms with Crippen LogP contribution in [0.4, 0.5) is 4.39 Å². The lowest BCUT2D eigenvalue weighted by Gasteiger charge is -1.91. The molecule has 6 heteroatoms. The third-order valence-corrected chi connectivity index (χ3v) is 2.89. The number of fused-ring (bicyclic) bond motifs is 1. The van der Waals surface area contributed by atoms with Crippen LogP contribution in [-0.4, -0.2) is 9.97 Å². The van der Waals surface area contributed by atoms with Gasteiger partial charge in [0, 0.05) is 0 Å². The van der Waals surface area contributed by atoms with Gasteiger partial charge in [0.25, 0.3) is 0 Å². The zero-order valence-electron chi connectivity index (χ0n) is 5.60. The largest absolute Gasteiger partial charge is 0.334 e. The van der Waals surface area contributed by atoms with Crippen molar-refractivity contribution in [2.45, 2.75) is 0 Å². The summed E-state index contributed by atoms with van der Waals surface area (Å²) in [6.07, 6.45) is 1.09. The van der Waals surface area contributed by atoms with E-state index in [1.54, 1.807) is 0 Å². The maximum Gasteiger partial charge on any atom is 0.160 e. The summed E-state index contributed by atoms with van der Waals surface area (Å²) in [5, 5.41) is 0.249. The highest BCUT2D eigenvalue weighted by Gasteiger charge is 2.07. The molecule has 0 aromatic carbocycles. The lowest BCUT2D eigenvalue weighted by atomic mass is 10.4. The van der Waals surface area contributed by atoms with Crippen molar-refractivity contribution in [2.75, 3.05) is 0 Å². The summed E-state index contributed by atoms with van der Waals surface area (Å²) in [6.45, 7) is 0. The summed E-state index contributed by atoms with van der Waals surface area (Å²) in [5.74, 6) is -0.397. The predicted molar refractivity (Wildman–Crippen MR) is 49.8 cm³/mol. The van der Waals surface area contributed by atoms with Gasteiger partial charge in [0.2, 0.25) is 0 Å². The molecule has 2 aromatic heterocycles. The van der Waals surface area contributed by atoms with E-state index in [0.29, 0.717) is 14.2 Å². The van der Waals surface area contributed by atoms with Crippen LogP contribution in [0, 0.1) is 9.77 Å². The maximum atomic E-state index is 13.0. The smallest absolute Gasteiger partial charge is 0.160 e. The molecular formula is C6H2ClFN2S2. The normalized spacial score (nSPS) is 10.8. The highest BCUT2D eigenvalue weighted by atomic mass is 35.5. The molecule has 1 N–H and O–H groups in total. The third-order valence-electron chi connectivity index (χ3n) is 1.36. The molecule has 0 saturated heterocycles. The van der Waals surface area contributed by atoms with Gasteiger partial charge in [0.1, 0.15) is 0 Å². The average Bonchev–Trinajstić information content (AvgIpc) is 2.41. The van der Waals surface area contributed by atoms with Gasteiger partial charge in [-0.25, -0.2) is 9.37 Å². The summed E-state index contributed by atoms with van der Waals surface area (Å²) in [4.78, 5) is 6.41. The standard InChI is InChI=1S/C6H2ClFN2S2/c7-5-3-4(2(8)1-9-5)12-6(11)10-3/h1H,(H,10,11). The number of hydrogen-bond acceptors (Lipinski definition) is 3. The lowest BCUT2D eigenvalue weighted by Crippen LogP contribution is -1.80. The van der Waals surface area contributed by atoms with Crippen molar-refractivity contribution < 1.29 is 4.39 Å². The van der Waals surface area contributed by atoms with Gasteiger partial charge in [-0.1, -0.05) is 11.6 Å². The van der Waals surface area contributed by atoms with Crippen molar-refractivity contribution in [3.63, 3.8) is 0 Å². The van der Waals surface area contributed by atoms with Gasteiger partial charge in [-0.05, 0) is 12.2 Å². The zero-order chi connectivity index (χ0) is 8.72. The average molecular weight is 221 g/mol. The summed E-state index contributed by atoms with van der Waals surface area (Å²) in [6, 6.07) is 0. The summed E-state index contributed by atoms with van der Waals surface area (Å²) in [5.41, 5.74) is 0.478. The minimum atomic E-state index is -0.397. The number of thiazole rings is 1. The van der Waals surface area contributed by atoms with Gasteiger partial charge in [-0.3, -0.25) is 0 Å². The summed E-state index contributed by atoms with van der Waals surface area (Å²) < 4.78 is 13.9. The molecule has 0 amide bonds. The Morgan fingerprint density at radius 1 is 1.67 bits per heavy atom. The van der Waals surface area contributed by atoms with Gasteiger partial charge in [-0.15, -0.1) is 11.3 Å². The Morgan fingerprint density at radius 3 is 3.08 bits per heavy atom. The van der Waals surface area contributed by atoms with Gasteiger partial charge < -0.3 is 4.98 Å². The Balaban J connectivity index is 3.03. The van der Waals surface area contributed by atoms with E-state index in [1.165, 1.54) is 0 Å². The predicted octanol–water partition coefficient (Wildman–Crippen LogP) is 3.15. The quantitative estimate of drug-likeness (QED) is 0.546. The van der Waals surface area contributed by atoms with E-state index in [-0.39, 0.29) is 5.15 Å². The first-order chi connectivity index (χ1) is 5.68. The van der Waals surface area contributed by atoms with Crippen molar-refractivity contribution in [3.8, 4) is 0 Å². The van der Waals surface area contributed by atoms with Crippen LogP contribution in [0.2, 0.25) is 5.15 Å². The van der Waals surface area contributed by atoms with Gasteiger partial charge >= 0.3 is 0 Å². The molecule has 2 heterocycles. The molecule has 2 nitrogen and oxygen atoms in total. The monoisotopic (exact) mass is 220 g/mol. The van der Waals surface area contributed by atoms with Crippen LogP contribution in [0.1, 0.15) is 0 Å². The maximum absolute atomic E-state index is 13.0. The van der Waals surface area contributed by atoms with E-state index in [1.807, 2.05) is 0 Å². The van der Waals surface area contributed by atoms with E-state index in [4.69, 9.17) is 23.8 Å². The molecule has 62 valence electrons. The molecule has 0 unspecified atom stereocenters. The number of nitrogens with zero attached hydrogens (tertiary/aromatic N) is 1. The first-order valence-electron chi connectivity index (χ1n) is 3.01. The number of halogens is 2. The van der Waals surface area contributed by atoms with Crippen molar-refractivity contribution in [1.29, 1.82) is 0 Å². The van der Waals surface area contributed by atoms with Crippen LogP contribution >= 0.6 is 35.2 Å². The first kappa shape index (κ1) is 8.10. The number of pyridine rings is 1. The molecule has 0 fully saturated rings. The highest BCUT2D eigenvalue weighted by molar-refractivity contribution is 7.73. The number of rotatable bonds is 0. The van der Waals surface area contributed by atoms with Gasteiger partial charge in [0.15, 0.2) is 14.9 Å². The molecular weight excluding hydrogens is 219 g/mol. The SMILES string of the molecule is Fc1cnc(Cl)c2[nH]c(=S)sc12. The molecule has 0 aliphatic heterocycles. The van der Waals surface area contributed by atoms with E-state index < -0.39 is 5.82 Å². The van der Waals surface area contributed by atoms with Gasteiger partial charge in [0.05, 0.1) is 16.4 Å². The minimum absolute atomic E-state index is 0.249. The molecule has 0 spiro atoms. The fourth-order valence-electron chi connectivity index (χ4n) is 0.878. The molecule has 2 rings (SSSR count). The molecule has 0 aliphatic carbocycles. The Labute approximate surface area is 81.0 Å². The Kier molecular flexibility index (Phi) is 1.86. The lowest BCUT2D eigenvalue weighted by molar-refractivity contribution is 0.635. The third kappa shape index (κ3) is 1.14. The van der Waals surface area contributed by atoms with E-state index in [2.05, 4.69) is 9.97 Å². The van der Waals surface area contributed by atoms with E-state index in [9.17, 15) is 4.39 Å². The van der Waals surface area contributed by atoms with Crippen LogP contribution in [0.15, 0.2) is 6.20 Å². The van der Waals surface area contributed by atoms with Crippen LogP contribution in [-0.2, 0) is 0 Å². The van der Waals surface area contributed by atoms with Crippen LogP contribution < -0.4 is 0 Å². The second-order valence-corrected chi connectivity index (χ2v) is 4.16. The Hall–Kier alpha value is -0.520. The minimum Gasteiger partial charge on any atom is -0.334 e. The molecule has 2 aromatic rings. The molecule has 12 heavy (non-hydrogen) atoms. The van der Waals surface area contributed by atoms with Crippen LogP contribution in [0.5, 0.6) is 0 Å². The van der Waals surface area contributed by atoms with E-state index >= 15 is 0 Å². The molecule has 0 bridgehead atoms. The first-order valence-corrected chi connectivity index (χ1v) is 4.61. The number of H-pyrrole nitrogens is 1. The van der Waals surface area contributed by atoms with Crippen LogP contribution in [0.25, 0.3) is 10.2 Å². The second-order valence-electron chi connectivity index (χ2n) is 2.12. The fraction of sp³-hybridized carbons (Fsp3) is 0. The molecule has 0 radical (unpaired) electrons. The highest BCUT2D eigenvalue weighted by Crippen LogP contribution is 2.26. The topological polar surface area (TPSA) is 28.7 Å². The van der Waals surface area contributed by atoms with Crippen molar-refractivity contribution in [3.05, 3.63) is 21.1 Å². The summed E-state index contributed by atoms with van der Waals surface area (Å²) in [7, 11) is 0.